The highest BCUT2D eigenvalue weighted by Crippen LogP contribution is 2.22. The van der Waals surface area contributed by atoms with Gasteiger partial charge in [-0.1, -0.05) is 25.5 Å². The highest BCUT2D eigenvalue weighted by atomic mass is 16.5. The molecular formula is C26H30N4O3. The molecule has 33 heavy (non-hydrogen) atoms. The summed E-state index contributed by atoms with van der Waals surface area (Å²) in [4.78, 5) is 27.4. The lowest BCUT2D eigenvalue weighted by atomic mass is 10.1. The van der Waals surface area contributed by atoms with E-state index in [0.29, 0.717) is 12.3 Å². The van der Waals surface area contributed by atoms with Gasteiger partial charge in [0, 0.05) is 30.7 Å². The van der Waals surface area contributed by atoms with E-state index in [4.69, 9.17) is 4.74 Å². The van der Waals surface area contributed by atoms with E-state index < -0.39 is 11.9 Å². The van der Waals surface area contributed by atoms with E-state index in [9.17, 15) is 14.9 Å². The number of para-hydroxylation sites is 1. The first-order chi connectivity index (χ1) is 16.1. The minimum Gasteiger partial charge on any atom is -0.462 e. The van der Waals surface area contributed by atoms with E-state index in [1.165, 1.54) is 31.1 Å². The Morgan fingerprint density at radius 2 is 1.82 bits per heavy atom. The van der Waals surface area contributed by atoms with Crippen LogP contribution >= 0.6 is 0 Å². The number of carbonyl (C=O) groups is 2. The zero-order valence-electron chi connectivity index (χ0n) is 19.0. The standard InChI is InChI=1S/C26H30N4O3/c1-2-3-17-33-26(32)23-9-5-6-10-24(23)29-25(31)20(18-27)19-28-21-11-13-22(14-12-21)30-15-7-4-8-16-30/h5-6,9-14,19,28H,2-4,7-8,15-17H2,1H3,(H,29,31)/b20-19-. The molecule has 0 bridgehead atoms. The van der Waals surface area contributed by atoms with Crippen LogP contribution in [-0.2, 0) is 9.53 Å². The molecule has 1 saturated heterocycles. The number of nitrogens with one attached hydrogen (secondary N) is 2. The average Bonchev–Trinajstić information content (AvgIpc) is 2.86. The number of rotatable bonds is 9. The molecule has 7 heteroatoms. The Labute approximate surface area is 195 Å². The Morgan fingerprint density at radius 1 is 1.09 bits per heavy atom. The second kappa shape index (κ2) is 12.3. The molecule has 2 N–H and O–H groups in total. The predicted molar refractivity (Wildman–Crippen MR) is 130 cm³/mol. The summed E-state index contributed by atoms with van der Waals surface area (Å²) < 4.78 is 5.25. The van der Waals surface area contributed by atoms with Crippen molar-refractivity contribution in [3.63, 3.8) is 0 Å². The fraction of sp³-hybridized carbons (Fsp3) is 0.346. The molecule has 1 aliphatic heterocycles. The summed E-state index contributed by atoms with van der Waals surface area (Å²) in [5.41, 5.74) is 2.39. The Balaban J connectivity index is 1.63. The summed E-state index contributed by atoms with van der Waals surface area (Å²) in [6, 6.07) is 16.4. The van der Waals surface area contributed by atoms with Gasteiger partial charge in [0.05, 0.1) is 17.9 Å². The zero-order valence-corrected chi connectivity index (χ0v) is 19.0. The van der Waals surface area contributed by atoms with Crippen LogP contribution in [0.15, 0.2) is 60.3 Å². The van der Waals surface area contributed by atoms with Gasteiger partial charge in [0.15, 0.2) is 0 Å². The van der Waals surface area contributed by atoms with Gasteiger partial charge in [0.1, 0.15) is 11.6 Å². The normalized spacial score (nSPS) is 13.7. The number of carbonyl (C=O) groups excluding carboxylic acids is 2. The number of nitriles is 1. The minimum atomic E-state index is -0.608. The maximum Gasteiger partial charge on any atom is 0.340 e. The number of benzene rings is 2. The molecule has 0 unspecified atom stereocenters. The van der Waals surface area contributed by atoms with Crippen LogP contribution in [0.1, 0.15) is 49.4 Å². The fourth-order valence-electron chi connectivity index (χ4n) is 3.57. The van der Waals surface area contributed by atoms with Crippen molar-refractivity contribution in [2.45, 2.75) is 39.0 Å². The van der Waals surface area contributed by atoms with Gasteiger partial charge in [-0.3, -0.25) is 4.79 Å². The van der Waals surface area contributed by atoms with Crippen molar-refractivity contribution in [1.29, 1.82) is 5.26 Å². The van der Waals surface area contributed by atoms with E-state index in [0.717, 1.165) is 31.6 Å². The highest BCUT2D eigenvalue weighted by Gasteiger charge is 2.16. The third kappa shape index (κ3) is 6.84. The van der Waals surface area contributed by atoms with Gasteiger partial charge in [-0.2, -0.15) is 5.26 Å². The highest BCUT2D eigenvalue weighted by molar-refractivity contribution is 6.09. The topological polar surface area (TPSA) is 94.5 Å². The van der Waals surface area contributed by atoms with E-state index in [1.54, 1.807) is 24.3 Å². The molecule has 3 rings (SSSR count). The summed E-state index contributed by atoms with van der Waals surface area (Å²) in [5, 5.41) is 15.1. The van der Waals surface area contributed by atoms with Gasteiger partial charge in [-0.25, -0.2) is 4.79 Å². The van der Waals surface area contributed by atoms with Gasteiger partial charge in [0.25, 0.3) is 5.91 Å². The first-order valence-electron chi connectivity index (χ1n) is 11.4. The van der Waals surface area contributed by atoms with Crippen molar-refractivity contribution in [2.24, 2.45) is 0 Å². The third-order valence-corrected chi connectivity index (χ3v) is 5.46. The summed E-state index contributed by atoms with van der Waals surface area (Å²) in [6.45, 7) is 4.47. The molecule has 0 spiro atoms. The summed E-state index contributed by atoms with van der Waals surface area (Å²) in [5.74, 6) is -1.11. The number of amides is 1. The van der Waals surface area contributed by atoms with Gasteiger partial charge in [-0.05, 0) is 62.1 Å². The number of unbranched alkanes of at least 4 members (excludes halogenated alkanes) is 1. The Hall–Kier alpha value is -3.79. The van der Waals surface area contributed by atoms with Crippen LogP contribution in [0.3, 0.4) is 0 Å². The van der Waals surface area contributed by atoms with Crippen molar-refractivity contribution in [2.75, 3.05) is 35.2 Å². The largest absolute Gasteiger partial charge is 0.462 e. The van der Waals surface area contributed by atoms with Crippen molar-refractivity contribution >= 4 is 28.9 Å². The van der Waals surface area contributed by atoms with Crippen LogP contribution in [0.5, 0.6) is 0 Å². The number of hydrogen-bond donors (Lipinski definition) is 2. The number of anilines is 3. The fourth-order valence-corrected chi connectivity index (χ4v) is 3.57. The number of ether oxygens (including phenoxy) is 1. The van der Waals surface area contributed by atoms with Gasteiger partial charge in [0.2, 0.25) is 0 Å². The smallest absolute Gasteiger partial charge is 0.340 e. The van der Waals surface area contributed by atoms with Crippen molar-refractivity contribution < 1.29 is 14.3 Å². The summed E-state index contributed by atoms with van der Waals surface area (Å²) in [6.07, 6.45) is 6.76. The predicted octanol–water partition coefficient (Wildman–Crippen LogP) is 5.09. The van der Waals surface area contributed by atoms with Crippen LogP contribution in [0, 0.1) is 11.3 Å². The molecule has 2 aromatic rings. The number of nitrogens with zero attached hydrogens (tertiary/aromatic N) is 2. The van der Waals surface area contributed by atoms with E-state index >= 15 is 0 Å². The zero-order chi connectivity index (χ0) is 23.5. The second-order valence-corrected chi connectivity index (χ2v) is 7.90. The molecule has 0 aliphatic carbocycles. The molecular weight excluding hydrogens is 416 g/mol. The molecule has 0 atom stereocenters. The Bertz CT molecular complexity index is 1020. The quantitative estimate of drug-likeness (QED) is 0.241. The SMILES string of the molecule is CCCCOC(=O)c1ccccc1NC(=O)/C(C#N)=C\Nc1ccc(N2CCCCC2)cc1. The van der Waals surface area contributed by atoms with E-state index in [1.807, 2.05) is 37.3 Å². The molecule has 7 nitrogen and oxygen atoms in total. The van der Waals surface area contributed by atoms with Crippen LogP contribution in [0.4, 0.5) is 17.1 Å². The van der Waals surface area contributed by atoms with E-state index in [2.05, 4.69) is 15.5 Å². The van der Waals surface area contributed by atoms with Crippen LogP contribution in [0.25, 0.3) is 0 Å². The minimum absolute atomic E-state index is 0.107. The Kier molecular flexibility index (Phi) is 8.89. The van der Waals surface area contributed by atoms with Crippen molar-refractivity contribution in [3.8, 4) is 6.07 Å². The monoisotopic (exact) mass is 446 g/mol. The molecule has 0 radical (unpaired) electrons. The Morgan fingerprint density at radius 3 is 2.52 bits per heavy atom. The number of hydrogen-bond acceptors (Lipinski definition) is 6. The molecule has 1 amide bonds. The lowest BCUT2D eigenvalue weighted by molar-refractivity contribution is -0.112. The molecule has 0 aromatic heterocycles. The molecule has 2 aromatic carbocycles. The van der Waals surface area contributed by atoms with E-state index in [-0.39, 0.29) is 11.1 Å². The number of esters is 1. The molecule has 0 saturated carbocycles. The molecule has 1 aliphatic rings. The average molecular weight is 447 g/mol. The molecule has 1 heterocycles. The lowest BCUT2D eigenvalue weighted by Gasteiger charge is -2.28. The maximum absolute atomic E-state index is 12.7. The van der Waals surface area contributed by atoms with Crippen LogP contribution < -0.4 is 15.5 Å². The maximum atomic E-state index is 12.7. The van der Waals surface area contributed by atoms with Gasteiger partial charge >= 0.3 is 5.97 Å². The van der Waals surface area contributed by atoms with Crippen molar-refractivity contribution in [3.05, 3.63) is 65.9 Å². The van der Waals surface area contributed by atoms with Crippen molar-refractivity contribution in [1.82, 2.24) is 0 Å². The second-order valence-electron chi connectivity index (χ2n) is 7.90. The lowest BCUT2D eigenvalue weighted by Crippen LogP contribution is -2.29. The third-order valence-electron chi connectivity index (χ3n) is 5.46. The molecule has 1 fully saturated rings. The molecule has 172 valence electrons. The number of piperidine rings is 1. The summed E-state index contributed by atoms with van der Waals surface area (Å²) >= 11 is 0. The van der Waals surface area contributed by atoms with Gasteiger partial charge < -0.3 is 20.3 Å². The van der Waals surface area contributed by atoms with Crippen LogP contribution in [0.2, 0.25) is 0 Å². The first-order valence-corrected chi connectivity index (χ1v) is 11.4. The first kappa shape index (κ1) is 23.9. The van der Waals surface area contributed by atoms with Crippen LogP contribution in [-0.4, -0.2) is 31.6 Å². The summed E-state index contributed by atoms with van der Waals surface area (Å²) in [7, 11) is 0. The van der Waals surface area contributed by atoms with Gasteiger partial charge in [-0.15, -0.1) is 0 Å².